The fourth-order valence-corrected chi connectivity index (χ4v) is 3.69. The minimum Gasteiger partial charge on any atom is -0.490 e. The highest BCUT2D eigenvalue weighted by atomic mass is 35.5. The molecule has 1 aromatic carbocycles. The van der Waals surface area contributed by atoms with Crippen LogP contribution in [0.25, 0.3) is 10.8 Å². The predicted octanol–water partition coefficient (Wildman–Crippen LogP) is 4.38. The van der Waals surface area contributed by atoms with Crippen LogP contribution in [0.5, 0.6) is 5.75 Å². The van der Waals surface area contributed by atoms with Gasteiger partial charge in [0, 0.05) is 24.0 Å². The van der Waals surface area contributed by atoms with E-state index in [1.54, 1.807) is 18.6 Å². The third-order valence-corrected chi connectivity index (χ3v) is 5.07. The van der Waals surface area contributed by atoms with Gasteiger partial charge in [0.25, 0.3) is 0 Å². The number of fused-ring (bicyclic) bond motifs is 1. The molecule has 0 saturated heterocycles. The zero-order chi connectivity index (χ0) is 20.2. The first-order valence-corrected chi connectivity index (χ1v) is 9.74. The van der Waals surface area contributed by atoms with Gasteiger partial charge in [-0.25, -0.2) is 19.7 Å². The van der Waals surface area contributed by atoms with E-state index < -0.39 is 6.09 Å². The Bertz CT molecular complexity index is 1010. The van der Waals surface area contributed by atoms with Crippen LogP contribution in [0.3, 0.4) is 0 Å². The van der Waals surface area contributed by atoms with Crippen molar-refractivity contribution in [2.45, 2.75) is 37.8 Å². The van der Waals surface area contributed by atoms with E-state index >= 15 is 0 Å². The molecule has 8 nitrogen and oxygen atoms in total. The quantitative estimate of drug-likeness (QED) is 0.532. The Morgan fingerprint density at radius 3 is 2.79 bits per heavy atom. The second-order valence-electron chi connectivity index (χ2n) is 6.96. The maximum atomic E-state index is 10.9. The number of ether oxygens (including phenoxy) is 1. The number of benzene rings is 1. The molecule has 29 heavy (non-hydrogen) atoms. The van der Waals surface area contributed by atoms with Crippen molar-refractivity contribution < 1.29 is 14.6 Å². The second-order valence-corrected chi connectivity index (χ2v) is 7.30. The minimum atomic E-state index is -0.986. The van der Waals surface area contributed by atoms with Gasteiger partial charge in [0.15, 0.2) is 0 Å². The van der Waals surface area contributed by atoms with E-state index in [1.165, 1.54) is 0 Å². The molecule has 2 aromatic heterocycles. The molecule has 150 valence electrons. The molecule has 0 radical (unpaired) electrons. The number of halogens is 1. The molecule has 3 N–H and O–H groups in total. The van der Waals surface area contributed by atoms with Crippen molar-refractivity contribution in [1.82, 2.24) is 20.3 Å². The van der Waals surface area contributed by atoms with Crippen LogP contribution in [-0.2, 0) is 0 Å². The maximum Gasteiger partial charge on any atom is 0.404 e. The molecular weight excluding hydrogens is 394 g/mol. The molecule has 0 bridgehead atoms. The van der Waals surface area contributed by atoms with E-state index in [1.807, 2.05) is 24.3 Å². The van der Waals surface area contributed by atoms with Crippen LogP contribution >= 0.6 is 11.6 Å². The molecule has 0 aliphatic heterocycles. The van der Waals surface area contributed by atoms with Crippen molar-refractivity contribution in [3.05, 3.63) is 48.1 Å². The van der Waals surface area contributed by atoms with E-state index in [9.17, 15) is 4.79 Å². The van der Waals surface area contributed by atoms with Gasteiger partial charge in [-0.15, -0.1) is 0 Å². The first-order chi connectivity index (χ1) is 14.1. The Balaban J connectivity index is 1.49. The molecule has 2 heterocycles. The number of carboxylic acid groups (broad SMARTS) is 1. The van der Waals surface area contributed by atoms with Crippen LogP contribution < -0.4 is 15.4 Å². The Morgan fingerprint density at radius 2 is 2.00 bits per heavy atom. The maximum absolute atomic E-state index is 10.9. The van der Waals surface area contributed by atoms with E-state index in [-0.39, 0.29) is 17.4 Å². The number of amides is 1. The number of carbonyl (C=O) groups is 1. The highest BCUT2D eigenvalue weighted by Crippen LogP contribution is 2.30. The van der Waals surface area contributed by atoms with Crippen molar-refractivity contribution in [2.75, 3.05) is 5.32 Å². The number of pyridine rings is 1. The molecule has 1 aliphatic rings. The molecule has 1 aliphatic carbocycles. The molecular formula is C20H20ClN5O3. The van der Waals surface area contributed by atoms with Gasteiger partial charge < -0.3 is 20.5 Å². The summed E-state index contributed by atoms with van der Waals surface area (Å²) in [7, 11) is 0. The molecule has 1 fully saturated rings. The third kappa shape index (κ3) is 4.83. The summed E-state index contributed by atoms with van der Waals surface area (Å²) in [6, 6.07) is 7.68. The fraction of sp³-hybridized carbons (Fsp3) is 0.300. The Kier molecular flexibility index (Phi) is 5.62. The minimum absolute atomic E-state index is 0.0105. The predicted molar refractivity (Wildman–Crippen MR) is 110 cm³/mol. The summed E-state index contributed by atoms with van der Waals surface area (Å²) in [5.74, 6) is 1.44. The first-order valence-electron chi connectivity index (χ1n) is 9.36. The number of rotatable bonds is 5. The second kappa shape index (κ2) is 8.48. The summed E-state index contributed by atoms with van der Waals surface area (Å²) in [4.78, 5) is 23.2. The average molecular weight is 414 g/mol. The van der Waals surface area contributed by atoms with Crippen LogP contribution in [0.1, 0.15) is 25.7 Å². The van der Waals surface area contributed by atoms with Crippen molar-refractivity contribution in [1.29, 1.82) is 0 Å². The molecule has 2 atom stereocenters. The Morgan fingerprint density at radius 1 is 1.17 bits per heavy atom. The third-order valence-electron chi connectivity index (χ3n) is 4.88. The van der Waals surface area contributed by atoms with Crippen LogP contribution in [0.4, 0.5) is 16.3 Å². The first kappa shape index (κ1) is 19.2. The van der Waals surface area contributed by atoms with E-state index in [0.717, 1.165) is 35.8 Å². The summed E-state index contributed by atoms with van der Waals surface area (Å²) in [6.07, 6.45) is 7.28. The Hall–Kier alpha value is -3.13. The SMILES string of the molecule is O=C(O)N[C@H]1CCC[C@@H](Oc2ccc3c(Nc4cnc(Cl)nc4)nccc3c2)C1. The number of hydrogen-bond donors (Lipinski definition) is 3. The van der Waals surface area contributed by atoms with Crippen molar-refractivity contribution in [3.8, 4) is 5.75 Å². The van der Waals surface area contributed by atoms with Gasteiger partial charge in [0.1, 0.15) is 17.7 Å². The van der Waals surface area contributed by atoms with Gasteiger partial charge in [-0.1, -0.05) is 0 Å². The lowest BCUT2D eigenvalue weighted by Gasteiger charge is -2.29. The molecule has 3 aromatic rings. The van der Waals surface area contributed by atoms with Gasteiger partial charge in [0.2, 0.25) is 5.28 Å². The molecule has 1 saturated carbocycles. The lowest BCUT2D eigenvalue weighted by Crippen LogP contribution is -2.40. The average Bonchev–Trinajstić information content (AvgIpc) is 2.69. The highest BCUT2D eigenvalue weighted by molar-refractivity contribution is 6.28. The van der Waals surface area contributed by atoms with E-state index in [2.05, 4.69) is 25.6 Å². The van der Waals surface area contributed by atoms with Gasteiger partial charge in [-0.3, -0.25) is 0 Å². The Labute approximate surface area is 172 Å². The molecule has 0 unspecified atom stereocenters. The van der Waals surface area contributed by atoms with Gasteiger partial charge in [-0.05, 0) is 60.5 Å². The largest absolute Gasteiger partial charge is 0.490 e. The summed E-state index contributed by atoms with van der Waals surface area (Å²) < 4.78 is 6.14. The van der Waals surface area contributed by atoms with Crippen LogP contribution in [0, 0.1) is 0 Å². The molecule has 4 rings (SSSR count). The van der Waals surface area contributed by atoms with Gasteiger partial charge >= 0.3 is 6.09 Å². The normalized spacial score (nSPS) is 18.9. The number of hydrogen-bond acceptors (Lipinski definition) is 6. The van der Waals surface area contributed by atoms with Gasteiger partial charge in [-0.2, -0.15) is 0 Å². The van der Waals surface area contributed by atoms with Crippen molar-refractivity contribution in [3.63, 3.8) is 0 Å². The number of aromatic nitrogens is 3. The van der Waals surface area contributed by atoms with Crippen molar-refractivity contribution in [2.24, 2.45) is 0 Å². The monoisotopic (exact) mass is 413 g/mol. The number of anilines is 2. The lowest BCUT2D eigenvalue weighted by atomic mass is 9.93. The van der Waals surface area contributed by atoms with E-state index in [4.69, 9.17) is 21.4 Å². The summed E-state index contributed by atoms with van der Waals surface area (Å²) in [6.45, 7) is 0. The van der Waals surface area contributed by atoms with Gasteiger partial charge in [0.05, 0.1) is 18.1 Å². The summed E-state index contributed by atoms with van der Waals surface area (Å²) in [5.41, 5.74) is 0.689. The smallest absolute Gasteiger partial charge is 0.404 e. The van der Waals surface area contributed by atoms with Crippen LogP contribution in [-0.4, -0.2) is 38.3 Å². The standard InChI is InChI=1S/C20H20ClN5O3/c21-19-23-10-14(11-24-19)25-18-17-5-4-16(8-12(17)6-7-22-18)29-15-3-1-2-13(9-15)26-20(27)28/h4-8,10-11,13,15,26H,1-3,9H2,(H,22,25)(H,27,28)/t13-,15+/m0/s1. The summed E-state index contributed by atoms with van der Waals surface area (Å²) in [5, 5.41) is 16.8. The zero-order valence-electron chi connectivity index (χ0n) is 15.5. The fourth-order valence-electron chi connectivity index (χ4n) is 3.59. The van der Waals surface area contributed by atoms with Crippen molar-refractivity contribution >= 4 is 40.0 Å². The van der Waals surface area contributed by atoms with Crippen LogP contribution in [0.15, 0.2) is 42.9 Å². The zero-order valence-corrected chi connectivity index (χ0v) is 16.3. The summed E-state index contributed by atoms with van der Waals surface area (Å²) >= 11 is 5.73. The van der Waals surface area contributed by atoms with Crippen LogP contribution in [0.2, 0.25) is 5.28 Å². The molecule has 9 heteroatoms. The topological polar surface area (TPSA) is 109 Å². The number of nitrogens with zero attached hydrogens (tertiary/aromatic N) is 3. The molecule has 1 amide bonds. The molecule has 0 spiro atoms. The lowest BCUT2D eigenvalue weighted by molar-refractivity contribution is 0.130. The van der Waals surface area contributed by atoms with E-state index in [0.29, 0.717) is 17.9 Å². The highest BCUT2D eigenvalue weighted by Gasteiger charge is 2.24. The number of nitrogens with one attached hydrogen (secondary N) is 2.